The molecule has 0 spiro atoms. The number of nitrogens with zero attached hydrogens (tertiary/aromatic N) is 2. The summed E-state index contributed by atoms with van der Waals surface area (Å²) >= 11 is 0. The van der Waals surface area contributed by atoms with E-state index < -0.39 is 23.6 Å². The largest absolute Gasteiger partial charge is 0.418 e. The summed E-state index contributed by atoms with van der Waals surface area (Å²) in [6.07, 6.45) is 0.719. The molecule has 1 aliphatic carbocycles. The third-order valence-electron chi connectivity index (χ3n) is 4.80. The molecule has 0 radical (unpaired) electrons. The van der Waals surface area contributed by atoms with E-state index in [9.17, 15) is 18.8 Å². The van der Waals surface area contributed by atoms with Crippen LogP contribution in [0.5, 0.6) is 0 Å². The number of rotatable bonds is 6. The van der Waals surface area contributed by atoms with Crippen LogP contribution >= 0.6 is 0 Å². The smallest absolute Gasteiger partial charge is 0.314 e. The standard InChI is InChI=1S/C19H21FN2O4/c1-4-21(5-2)15-16(26-19(25)14-10-11(14)3)18(24)22(17(15)23)13-8-6-12(20)7-9-13/h6-9,11,14H,4-5,10H2,1-3H3/t11-,14+/m1/s1. The highest BCUT2D eigenvalue weighted by molar-refractivity contribution is 6.32. The lowest BCUT2D eigenvalue weighted by Gasteiger charge is -2.22. The number of carbonyl (C=O) groups is 3. The summed E-state index contributed by atoms with van der Waals surface area (Å²) in [6.45, 7) is 6.57. The second kappa shape index (κ2) is 6.90. The Hall–Kier alpha value is -2.70. The Bertz CT molecular complexity index is 783. The average Bonchev–Trinajstić information content (AvgIpc) is 3.31. The molecule has 0 bridgehead atoms. The number of likely N-dealkylation sites (N-methyl/N-ethyl adjacent to an activating group) is 1. The Morgan fingerprint density at radius 2 is 1.77 bits per heavy atom. The molecular weight excluding hydrogens is 339 g/mol. The lowest BCUT2D eigenvalue weighted by Crippen LogP contribution is -2.35. The Morgan fingerprint density at radius 1 is 1.19 bits per heavy atom. The first-order valence-corrected chi connectivity index (χ1v) is 8.74. The fourth-order valence-corrected chi connectivity index (χ4v) is 3.06. The normalized spacial score (nSPS) is 22.1. The van der Waals surface area contributed by atoms with Crippen molar-refractivity contribution in [3.8, 4) is 0 Å². The second-order valence-electron chi connectivity index (χ2n) is 6.51. The van der Waals surface area contributed by atoms with E-state index in [0.29, 0.717) is 13.1 Å². The molecule has 1 aromatic rings. The van der Waals surface area contributed by atoms with E-state index >= 15 is 0 Å². The molecule has 138 valence electrons. The zero-order chi connectivity index (χ0) is 19.0. The van der Waals surface area contributed by atoms with Crippen molar-refractivity contribution in [2.24, 2.45) is 11.8 Å². The molecule has 1 aromatic carbocycles. The van der Waals surface area contributed by atoms with Gasteiger partial charge in [0, 0.05) is 13.1 Å². The van der Waals surface area contributed by atoms with Crippen LogP contribution in [0.4, 0.5) is 10.1 Å². The SMILES string of the molecule is CCN(CC)C1=C(OC(=O)[C@H]2C[C@H]2C)C(=O)N(c2ccc(F)cc2)C1=O. The summed E-state index contributed by atoms with van der Waals surface area (Å²) in [6, 6.07) is 5.03. The van der Waals surface area contributed by atoms with Crippen molar-refractivity contribution in [2.75, 3.05) is 18.0 Å². The lowest BCUT2D eigenvalue weighted by atomic mass is 10.3. The fourth-order valence-electron chi connectivity index (χ4n) is 3.06. The summed E-state index contributed by atoms with van der Waals surface area (Å²) in [5.74, 6) is -2.49. The first-order chi connectivity index (χ1) is 12.4. The molecule has 3 rings (SSSR count). The molecule has 0 aromatic heterocycles. The van der Waals surface area contributed by atoms with Crippen molar-refractivity contribution in [3.05, 3.63) is 41.5 Å². The van der Waals surface area contributed by atoms with Gasteiger partial charge in [-0.15, -0.1) is 0 Å². The van der Waals surface area contributed by atoms with E-state index in [0.717, 1.165) is 11.3 Å². The molecule has 1 fully saturated rings. The van der Waals surface area contributed by atoms with Crippen molar-refractivity contribution in [2.45, 2.75) is 27.2 Å². The molecule has 7 heteroatoms. The average molecular weight is 360 g/mol. The number of hydrogen-bond donors (Lipinski definition) is 0. The number of halogens is 1. The highest BCUT2D eigenvalue weighted by atomic mass is 19.1. The van der Waals surface area contributed by atoms with Gasteiger partial charge in [-0.25, -0.2) is 9.29 Å². The molecule has 0 N–H and O–H groups in total. The number of imide groups is 1. The van der Waals surface area contributed by atoms with Gasteiger partial charge in [0.15, 0.2) is 5.70 Å². The van der Waals surface area contributed by atoms with Crippen LogP contribution in [0.15, 0.2) is 35.7 Å². The van der Waals surface area contributed by atoms with Gasteiger partial charge in [-0.2, -0.15) is 0 Å². The molecule has 26 heavy (non-hydrogen) atoms. The summed E-state index contributed by atoms with van der Waals surface area (Å²) in [5, 5.41) is 0. The minimum Gasteiger partial charge on any atom is -0.418 e. The van der Waals surface area contributed by atoms with Gasteiger partial charge in [0.25, 0.3) is 5.91 Å². The maximum Gasteiger partial charge on any atom is 0.314 e. The van der Waals surface area contributed by atoms with Crippen molar-refractivity contribution in [3.63, 3.8) is 0 Å². The van der Waals surface area contributed by atoms with Crippen LogP contribution in [-0.4, -0.2) is 35.8 Å². The Balaban J connectivity index is 1.97. The Labute approximate surface area is 151 Å². The van der Waals surface area contributed by atoms with Crippen molar-refractivity contribution < 1.29 is 23.5 Å². The van der Waals surface area contributed by atoms with Crippen molar-refractivity contribution in [1.82, 2.24) is 4.90 Å². The van der Waals surface area contributed by atoms with Crippen LogP contribution in [0, 0.1) is 17.7 Å². The van der Waals surface area contributed by atoms with Gasteiger partial charge in [-0.05, 0) is 50.5 Å². The van der Waals surface area contributed by atoms with Crippen molar-refractivity contribution in [1.29, 1.82) is 0 Å². The van der Waals surface area contributed by atoms with Crippen LogP contribution in [0.2, 0.25) is 0 Å². The van der Waals surface area contributed by atoms with Gasteiger partial charge in [0.2, 0.25) is 5.76 Å². The van der Waals surface area contributed by atoms with E-state index in [1.807, 2.05) is 20.8 Å². The van der Waals surface area contributed by atoms with Gasteiger partial charge in [-0.1, -0.05) is 6.92 Å². The van der Waals surface area contributed by atoms with Gasteiger partial charge in [0.05, 0.1) is 11.6 Å². The number of hydrogen-bond acceptors (Lipinski definition) is 5. The number of anilines is 1. The molecule has 2 amide bonds. The van der Waals surface area contributed by atoms with E-state index in [2.05, 4.69) is 0 Å². The maximum atomic E-state index is 13.2. The fraction of sp³-hybridized carbons (Fsp3) is 0.421. The van der Waals surface area contributed by atoms with Crippen LogP contribution in [0.25, 0.3) is 0 Å². The minimum atomic E-state index is -0.704. The van der Waals surface area contributed by atoms with Crippen LogP contribution in [0.3, 0.4) is 0 Å². The topological polar surface area (TPSA) is 66.9 Å². The number of amides is 2. The number of benzene rings is 1. The summed E-state index contributed by atoms with van der Waals surface area (Å²) in [7, 11) is 0. The zero-order valence-corrected chi connectivity index (χ0v) is 15.0. The zero-order valence-electron chi connectivity index (χ0n) is 15.0. The second-order valence-corrected chi connectivity index (χ2v) is 6.51. The van der Waals surface area contributed by atoms with Gasteiger partial charge in [-0.3, -0.25) is 14.4 Å². The summed E-state index contributed by atoms with van der Waals surface area (Å²) in [5.41, 5.74) is 0.308. The van der Waals surface area contributed by atoms with Crippen molar-refractivity contribution >= 4 is 23.5 Å². The van der Waals surface area contributed by atoms with Crippen LogP contribution in [-0.2, 0) is 19.1 Å². The molecule has 0 saturated heterocycles. The molecule has 1 saturated carbocycles. The predicted octanol–water partition coefficient (Wildman–Crippen LogP) is 2.45. The quantitative estimate of drug-likeness (QED) is 0.576. The third-order valence-corrected chi connectivity index (χ3v) is 4.80. The first-order valence-electron chi connectivity index (χ1n) is 8.74. The molecular formula is C19H21FN2O4. The highest BCUT2D eigenvalue weighted by Crippen LogP contribution is 2.40. The molecule has 0 unspecified atom stereocenters. The molecule has 1 aliphatic heterocycles. The Kier molecular flexibility index (Phi) is 4.80. The van der Waals surface area contributed by atoms with Crippen LogP contribution < -0.4 is 4.90 Å². The van der Waals surface area contributed by atoms with E-state index in [1.54, 1.807) is 4.90 Å². The van der Waals surface area contributed by atoms with E-state index in [-0.39, 0.29) is 29.0 Å². The lowest BCUT2D eigenvalue weighted by molar-refractivity contribution is -0.144. The number of esters is 1. The van der Waals surface area contributed by atoms with Gasteiger partial charge >= 0.3 is 11.9 Å². The van der Waals surface area contributed by atoms with Gasteiger partial charge in [0.1, 0.15) is 5.82 Å². The monoisotopic (exact) mass is 360 g/mol. The van der Waals surface area contributed by atoms with Crippen LogP contribution in [0.1, 0.15) is 27.2 Å². The van der Waals surface area contributed by atoms with E-state index in [4.69, 9.17) is 4.74 Å². The molecule has 2 aliphatic rings. The molecule has 6 nitrogen and oxygen atoms in total. The minimum absolute atomic E-state index is 0.0750. The van der Waals surface area contributed by atoms with E-state index in [1.165, 1.54) is 24.3 Å². The number of ether oxygens (including phenoxy) is 1. The summed E-state index contributed by atoms with van der Waals surface area (Å²) in [4.78, 5) is 40.6. The predicted molar refractivity (Wildman–Crippen MR) is 92.2 cm³/mol. The number of carbonyl (C=O) groups excluding carboxylic acids is 3. The summed E-state index contributed by atoms with van der Waals surface area (Å²) < 4.78 is 18.6. The molecule has 2 atom stereocenters. The highest BCUT2D eigenvalue weighted by Gasteiger charge is 2.47. The maximum absolute atomic E-state index is 13.2. The third kappa shape index (κ3) is 3.09. The Morgan fingerprint density at radius 3 is 2.27 bits per heavy atom. The molecule has 1 heterocycles. The van der Waals surface area contributed by atoms with Gasteiger partial charge < -0.3 is 9.64 Å². The first kappa shape index (κ1) is 18.1.